The van der Waals surface area contributed by atoms with Crippen molar-refractivity contribution in [3.63, 3.8) is 0 Å². The summed E-state index contributed by atoms with van der Waals surface area (Å²) in [6, 6.07) is 16.5. The van der Waals surface area contributed by atoms with Gasteiger partial charge < -0.3 is 19.6 Å². The molecular weight excluding hydrogens is 404 g/mol. The fraction of sp³-hybridized carbons (Fsp3) is 0.462. The Morgan fingerprint density at radius 2 is 1.69 bits per heavy atom. The van der Waals surface area contributed by atoms with Gasteiger partial charge in [-0.3, -0.25) is 4.79 Å². The number of carbonyl (C=O) groups is 2. The molecule has 168 valence electrons. The predicted molar refractivity (Wildman–Crippen MR) is 122 cm³/mol. The van der Waals surface area contributed by atoms with Crippen molar-refractivity contribution < 1.29 is 19.4 Å². The van der Waals surface area contributed by atoms with E-state index in [1.54, 1.807) is 4.90 Å². The van der Waals surface area contributed by atoms with Crippen molar-refractivity contribution in [1.82, 2.24) is 9.80 Å². The van der Waals surface area contributed by atoms with Crippen LogP contribution in [0.1, 0.15) is 36.3 Å². The Balaban J connectivity index is 1.31. The number of aliphatic carboxylic acids is 1. The van der Waals surface area contributed by atoms with Gasteiger partial charge in [-0.2, -0.15) is 0 Å². The molecule has 0 saturated carbocycles. The van der Waals surface area contributed by atoms with Gasteiger partial charge in [0, 0.05) is 24.4 Å². The van der Waals surface area contributed by atoms with Crippen LogP contribution < -0.4 is 0 Å². The number of rotatable bonds is 3. The first-order valence-corrected chi connectivity index (χ1v) is 11.5. The van der Waals surface area contributed by atoms with E-state index in [0.717, 1.165) is 32.4 Å². The molecule has 6 heteroatoms. The molecule has 5 rings (SSSR count). The number of nitrogens with zero attached hydrogens (tertiary/aromatic N) is 2. The lowest BCUT2D eigenvalue weighted by Crippen LogP contribution is -2.36. The second-order valence-corrected chi connectivity index (χ2v) is 9.59. The lowest BCUT2D eigenvalue weighted by atomic mass is 9.72. The largest absolute Gasteiger partial charge is 0.481 e. The molecule has 1 spiro atoms. The summed E-state index contributed by atoms with van der Waals surface area (Å²) in [5.74, 6) is -1.33. The molecule has 32 heavy (non-hydrogen) atoms. The Bertz CT molecular complexity index is 992. The minimum Gasteiger partial charge on any atom is -0.481 e. The highest BCUT2D eigenvalue weighted by Crippen LogP contribution is 2.46. The lowest BCUT2D eigenvalue weighted by molar-refractivity contribution is -0.145. The maximum atomic E-state index is 13.1. The third kappa shape index (κ3) is 3.56. The van der Waals surface area contributed by atoms with E-state index in [0.29, 0.717) is 6.54 Å². The summed E-state index contributed by atoms with van der Waals surface area (Å²) in [4.78, 5) is 29.0. The van der Waals surface area contributed by atoms with Crippen LogP contribution in [0, 0.1) is 11.3 Å². The maximum absolute atomic E-state index is 13.1. The van der Waals surface area contributed by atoms with Crippen LogP contribution in [0.2, 0.25) is 0 Å². The maximum Gasteiger partial charge on any atom is 0.409 e. The standard InChI is InChI=1S/C26H30N2O4/c1-27-13-6-11-26(12-14-27)17-28(15-23(26)24(29)30)25(31)32-16-22-20-9-4-2-7-18(20)19-8-3-5-10-21(19)22/h2-5,7-10,22-23H,6,11-17H2,1H3,(H,29,30). The molecule has 2 saturated heterocycles. The molecular formula is C26H30N2O4. The molecule has 2 aromatic rings. The third-order valence-electron chi connectivity index (χ3n) is 7.75. The van der Waals surface area contributed by atoms with Crippen LogP contribution >= 0.6 is 0 Å². The average molecular weight is 435 g/mol. The molecule has 2 unspecified atom stereocenters. The topological polar surface area (TPSA) is 70.1 Å². The van der Waals surface area contributed by atoms with E-state index in [9.17, 15) is 14.7 Å². The van der Waals surface area contributed by atoms with Gasteiger partial charge in [0.25, 0.3) is 0 Å². The van der Waals surface area contributed by atoms with E-state index in [4.69, 9.17) is 4.74 Å². The fourth-order valence-corrected chi connectivity index (χ4v) is 5.99. The van der Waals surface area contributed by atoms with Gasteiger partial charge in [0.1, 0.15) is 6.61 Å². The molecule has 0 aromatic heterocycles. The number of benzene rings is 2. The van der Waals surface area contributed by atoms with E-state index in [1.165, 1.54) is 22.3 Å². The third-order valence-corrected chi connectivity index (χ3v) is 7.75. The van der Waals surface area contributed by atoms with Crippen molar-refractivity contribution in [3.05, 3.63) is 59.7 Å². The van der Waals surface area contributed by atoms with Crippen molar-refractivity contribution >= 4 is 12.1 Å². The Morgan fingerprint density at radius 1 is 1.03 bits per heavy atom. The minimum absolute atomic E-state index is 0.00436. The summed E-state index contributed by atoms with van der Waals surface area (Å²) in [6.45, 7) is 2.79. The zero-order chi connectivity index (χ0) is 22.3. The number of hydrogen-bond acceptors (Lipinski definition) is 4. The number of carbonyl (C=O) groups excluding carboxylic acids is 1. The molecule has 2 aliphatic heterocycles. The Morgan fingerprint density at radius 3 is 2.34 bits per heavy atom. The Labute approximate surface area is 188 Å². The van der Waals surface area contributed by atoms with Crippen LogP contribution in [0.5, 0.6) is 0 Å². The molecule has 0 radical (unpaired) electrons. The zero-order valence-electron chi connectivity index (χ0n) is 18.5. The van der Waals surface area contributed by atoms with E-state index in [1.807, 2.05) is 24.3 Å². The van der Waals surface area contributed by atoms with Crippen LogP contribution in [0.3, 0.4) is 0 Å². The first-order chi connectivity index (χ1) is 15.5. The smallest absolute Gasteiger partial charge is 0.409 e. The molecule has 2 aromatic carbocycles. The highest BCUT2D eigenvalue weighted by molar-refractivity contribution is 5.79. The summed E-state index contributed by atoms with van der Waals surface area (Å²) in [5, 5.41) is 9.92. The molecule has 1 N–H and O–H groups in total. The van der Waals surface area contributed by atoms with Crippen molar-refractivity contribution in [1.29, 1.82) is 0 Å². The van der Waals surface area contributed by atoms with Crippen molar-refractivity contribution in [3.8, 4) is 11.1 Å². The number of carboxylic acid groups (broad SMARTS) is 1. The molecule has 6 nitrogen and oxygen atoms in total. The second-order valence-electron chi connectivity index (χ2n) is 9.59. The summed E-state index contributed by atoms with van der Waals surface area (Å²) < 4.78 is 5.82. The monoisotopic (exact) mass is 434 g/mol. The highest BCUT2D eigenvalue weighted by Gasteiger charge is 2.52. The van der Waals surface area contributed by atoms with Gasteiger partial charge in [0.2, 0.25) is 0 Å². The van der Waals surface area contributed by atoms with E-state index in [-0.39, 0.29) is 24.5 Å². The summed E-state index contributed by atoms with van der Waals surface area (Å²) in [5.41, 5.74) is 4.38. The van der Waals surface area contributed by atoms with Crippen LogP contribution in [0.25, 0.3) is 11.1 Å². The van der Waals surface area contributed by atoms with E-state index < -0.39 is 18.0 Å². The molecule has 0 bridgehead atoms. The van der Waals surface area contributed by atoms with Gasteiger partial charge in [-0.1, -0.05) is 48.5 Å². The summed E-state index contributed by atoms with van der Waals surface area (Å²) in [6.07, 6.45) is 2.20. The minimum atomic E-state index is -0.802. The summed E-state index contributed by atoms with van der Waals surface area (Å²) in [7, 11) is 2.08. The number of carboxylic acids is 1. The van der Waals surface area contributed by atoms with Crippen LogP contribution in [-0.4, -0.2) is 66.8 Å². The number of amides is 1. The van der Waals surface area contributed by atoms with Gasteiger partial charge in [-0.05, 0) is 61.7 Å². The molecule has 3 aliphatic rings. The number of fused-ring (bicyclic) bond motifs is 3. The Hall–Kier alpha value is -2.86. The number of likely N-dealkylation sites (tertiary alicyclic amines) is 2. The normalized spacial score (nSPS) is 25.4. The predicted octanol–water partition coefficient (Wildman–Crippen LogP) is 4.05. The quantitative estimate of drug-likeness (QED) is 0.789. The highest BCUT2D eigenvalue weighted by atomic mass is 16.6. The number of hydrogen-bond donors (Lipinski definition) is 1. The van der Waals surface area contributed by atoms with Gasteiger partial charge in [-0.15, -0.1) is 0 Å². The van der Waals surface area contributed by atoms with Crippen molar-refractivity contribution in [2.45, 2.75) is 25.2 Å². The molecule has 2 fully saturated rings. The van der Waals surface area contributed by atoms with Gasteiger partial charge in [0.15, 0.2) is 0 Å². The van der Waals surface area contributed by atoms with Crippen molar-refractivity contribution in [2.75, 3.05) is 39.8 Å². The van der Waals surface area contributed by atoms with Crippen LogP contribution in [-0.2, 0) is 9.53 Å². The Kier molecular flexibility index (Phi) is 5.41. The van der Waals surface area contributed by atoms with Crippen molar-refractivity contribution in [2.24, 2.45) is 11.3 Å². The van der Waals surface area contributed by atoms with Gasteiger partial charge in [-0.25, -0.2) is 4.79 Å². The molecule has 1 amide bonds. The second kappa shape index (κ2) is 8.24. The SMILES string of the molecule is CN1CCCC2(CC1)CN(C(=O)OCC1c3ccccc3-c3ccccc31)CC2C(=O)O. The van der Waals surface area contributed by atoms with Crippen LogP contribution in [0.4, 0.5) is 4.79 Å². The first kappa shape index (κ1) is 21.0. The van der Waals surface area contributed by atoms with Gasteiger partial charge in [0.05, 0.1) is 5.92 Å². The molecule has 2 atom stereocenters. The summed E-state index contributed by atoms with van der Waals surface area (Å²) >= 11 is 0. The van der Waals surface area contributed by atoms with E-state index in [2.05, 4.69) is 36.2 Å². The number of ether oxygens (including phenoxy) is 1. The zero-order valence-corrected chi connectivity index (χ0v) is 18.5. The lowest BCUT2D eigenvalue weighted by Gasteiger charge is -2.31. The van der Waals surface area contributed by atoms with Crippen LogP contribution in [0.15, 0.2) is 48.5 Å². The first-order valence-electron chi connectivity index (χ1n) is 11.5. The fourth-order valence-electron chi connectivity index (χ4n) is 5.99. The molecule has 1 aliphatic carbocycles. The average Bonchev–Trinajstić information content (AvgIpc) is 3.26. The molecule has 2 heterocycles. The van der Waals surface area contributed by atoms with E-state index >= 15 is 0 Å². The van der Waals surface area contributed by atoms with Gasteiger partial charge >= 0.3 is 12.1 Å².